The molecule has 0 spiro atoms. The molecule has 132 valence electrons. The van der Waals surface area contributed by atoms with Crippen molar-refractivity contribution in [1.82, 2.24) is 4.98 Å². The Hall–Kier alpha value is -1.79. The summed E-state index contributed by atoms with van der Waals surface area (Å²) in [6, 6.07) is 11.9. The van der Waals surface area contributed by atoms with Gasteiger partial charge in [-0.1, -0.05) is 46.3 Å². The summed E-state index contributed by atoms with van der Waals surface area (Å²) in [5, 5.41) is 0.623. The van der Waals surface area contributed by atoms with Crippen LogP contribution >= 0.6 is 15.9 Å². The third kappa shape index (κ3) is 3.60. The Morgan fingerprint density at radius 1 is 1.00 bits per heavy atom. The number of alkyl halides is 3. The van der Waals surface area contributed by atoms with E-state index in [1.54, 1.807) is 6.07 Å². The number of aromatic nitrogens is 1. The zero-order chi connectivity index (χ0) is 18.0. The predicted molar refractivity (Wildman–Crippen MR) is 98.4 cm³/mol. The van der Waals surface area contributed by atoms with Gasteiger partial charge in [0.05, 0.1) is 16.8 Å². The number of benzene rings is 2. The molecule has 0 radical (unpaired) electrons. The standard InChI is InChI=1S/C19H18BrF3N2/c20-16-10-2-1-7-14(16)17-12(6-3-4-11-24)13-8-5-9-15(18(13)25-17)19(21,22)23/h1-2,5,7-10,25H,3-4,6,11,24H2. The van der Waals surface area contributed by atoms with E-state index >= 15 is 0 Å². The van der Waals surface area contributed by atoms with E-state index in [0.717, 1.165) is 40.2 Å². The normalized spacial score (nSPS) is 12.0. The van der Waals surface area contributed by atoms with E-state index in [0.29, 0.717) is 18.4 Å². The van der Waals surface area contributed by atoms with E-state index in [9.17, 15) is 13.2 Å². The van der Waals surface area contributed by atoms with Crippen molar-refractivity contribution >= 4 is 26.8 Å². The van der Waals surface area contributed by atoms with Crippen LogP contribution in [0.2, 0.25) is 0 Å². The first-order valence-corrected chi connectivity index (χ1v) is 8.88. The molecular formula is C19H18BrF3N2. The minimum absolute atomic E-state index is 0.142. The summed E-state index contributed by atoms with van der Waals surface area (Å²) in [5.41, 5.74) is 7.57. The molecule has 3 N–H and O–H groups in total. The smallest absolute Gasteiger partial charge is 0.354 e. The van der Waals surface area contributed by atoms with Crippen LogP contribution in [0.15, 0.2) is 46.9 Å². The van der Waals surface area contributed by atoms with Crippen molar-refractivity contribution in [1.29, 1.82) is 0 Å². The topological polar surface area (TPSA) is 41.8 Å². The Morgan fingerprint density at radius 2 is 1.76 bits per heavy atom. The second-order valence-electron chi connectivity index (χ2n) is 5.93. The molecule has 0 bridgehead atoms. The highest BCUT2D eigenvalue weighted by atomic mass is 79.9. The van der Waals surface area contributed by atoms with Gasteiger partial charge in [0.25, 0.3) is 0 Å². The summed E-state index contributed by atoms with van der Waals surface area (Å²) >= 11 is 3.50. The van der Waals surface area contributed by atoms with E-state index in [1.165, 1.54) is 6.07 Å². The van der Waals surface area contributed by atoms with Crippen molar-refractivity contribution in [2.75, 3.05) is 6.54 Å². The molecule has 1 aromatic heterocycles. The predicted octanol–water partition coefficient (Wildman–Crippen LogP) is 5.90. The molecule has 0 unspecified atom stereocenters. The van der Waals surface area contributed by atoms with E-state index in [1.807, 2.05) is 24.3 Å². The number of rotatable bonds is 5. The van der Waals surface area contributed by atoms with Crippen molar-refractivity contribution in [2.45, 2.75) is 25.4 Å². The van der Waals surface area contributed by atoms with Gasteiger partial charge in [-0.05, 0) is 43.5 Å². The number of nitrogens with one attached hydrogen (secondary N) is 1. The number of para-hydroxylation sites is 1. The number of fused-ring (bicyclic) bond motifs is 1. The fourth-order valence-corrected chi connectivity index (χ4v) is 3.59. The highest BCUT2D eigenvalue weighted by molar-refractivity contribution is 9.10. The monoisotopic (exact) mass is 410 g/mol. The van der Waals surface area contributed by atoms with Gasteiger partial charge in [0.15, 0.2) is 0 Å². The van der Waals surface area contributed by atoms with Crippen LogP contribution < -0.4 is 5.73 Å². The van der Waals surface area contributed by atoms with E-state index < -0.39 is 11.7 Å². The zero-order valence-electron chi connectivity index (χ0n) is 13.5. The van der Waals surface area contributed by atoms with Gasteiger partial charge in [0, 0.05) is 15.4 Å². The quantitative estimate of drug-likeness (QED) is 0.505. The maximum absolute atomic E-state index is 13.4. The largest absolute Gasteiger partial charge is 0.418 e. The average Bonchev–Trinajstić information content (AvgIpc) is 2.93. The minimum Gasteiger partial charge on any atom is -0.354 e. The van der Waals surface area contributed by atoms with E-state index in [-0.39, 0.29) is 5.52 Å². The van der Waals surface area contributed by atoms with Crippen LogP contribution in [0.1, 0.15) is 24.0 Å². The number of hydrogen-bond donors (Lipinski definition) is 2. The van der Waals surface area contributed by atoms with Crippen LogP contribution in [0.4, 0.5) is 13.2 Å². The van der Waals surface area contributed by atoms with Gasteiger partial charge in [-0.3, -0.25) is 0 Å². The maximum Gasteiger partial charge on any atom is 0.418 e. The molecule has 2 aromatic carbocycles. The number of H-pyrrole nitrogens is 1. The minimum atomic E-state index is -4.40. The third-order valence-corrected chi connectivity index (χ3v) is 4.96. The van der Waals surface area contributed by atoms with Crippen molar-refractivity contribution < 1.29 is 13.2 Å². The van der Waals surface area contributed by atoms with E-state index in [4.69, 9.17) is 5.73 Å². The first kappa shape index (κ1) is 18.0. The number of unbranched alkanes of at least 4 members (excludes halogenated alkanes) is 1. The highest BCUT2D eigenvalue weighted by Gasteiger charge is 2.34. The fourth-order valence-electron chi connectivity index (χ4n) is 3.11. The molecule has 0 amide bonds. The molecule has 6 heteroatoms. The maximum atomic E-state index is 13.4. The summed E-state index contributed by atoms with van der Waals surface area (Å²) in [5.74, 6) is 0. The van der Waals surface area contributed by atoms with Crippen molar-refractivity contribution in [3.8, 4) is 11.3 Å². The molecule has 3 rings (SSSR count). The van der Waals surface area contributed by atoms with E-state index in [2.05, 4.69) is 20.9 Å². The summed E-state index contributed by atoms with van der Waals surface area (Å²) in [6.45, 7) is 0.570. The number of nitrogens with two attached hydrogens (primary N) is 1. The molecule has 0 saturated heterocycles. The lowest BCUT2D eigenvalue weighted by Crippen LogP contribution is -2.05. The summed E-state index contributed by atoms with van der Waals surface area (Å²) < 4.78 is 41.0. The Kier molecular flexibility index (Phi) is 5.20. The molecule has 3 aromatic rings. The second-order valence-corrected chi connectivity index (χ2v) is 6.78. The van der Waals surface area contributed by atoms with Crippen LogP contribution in [0.3, 0.4) is 0 Å². The van der Waals surface area contributed by atoms with Crippen LogP contribution in [-0.2, 0) is 12.6 Å². The molecule has 0 atom stereocenters. The van der Waals surface area contributed by atoms with Crippen LogP contribution in [0.25, 0.3) is 22.2 Å². The summed E-state index contributed by atoms with van der Waals surface area (Å²) in [6.07, 6.45) is -2.06. The molecule has 1 heterocycles. The SMILES string of the molecule is NCCCCc1c(-c2ccccc2Br)[nH]c2c(C(F)(F)F)cccc12. The Labute approximate surface area is 152 Å². The van der Waals surface area contributed by atoms with Crippen LogP contribution in [0, 0.1) is 0 Å². The van der Waals surface area contributed by atoms with Gasteiger partial charge in [0.2, 0.25) is 0 Å². The molecule has 0 fully saturated rings. The number of aryl methyl sites for hydroxylation is 1. The lowest BCUT2D eigenvalue weighted by Gasteiger charge is -2.08. The van der Waals surface area contributed by atoms with Gasteiger partial charge in [-0.2, -0.15) is 13.2 Å². The first-order valence-electron chi connectivity index (χ1n) is 8.09. The number of halogens is 4. The van der Waals surface area contributed by atoms with Gasteiger partial charge < -0.3 is 10.7 Å². The average molecular weight is 411 g/mol. The highest BCUT2D eigenvalue weighted by Crippen LogP contribution is 2.40. The molecule has 0 aliphatic heterocycles. The zero-order valence-corrected chi connectivity index (χ0v) is 15.0. The Balaban J connectivity index is 2.24. The summed E-state index contributed by atoms with van der Waals surface area (Å²) in [7, 11) is 0. The number of hydrogen-bond acceptors (Lipinski definition) is 1. The molecule has 0 aliphatic carbocycles. The lowest BCUT2D eigenvalue weighted by atomic mass is 9.99. The second kappa shape index (κ2) is 7.22. The molecule has 0 saturated carbocycles. The van der Waals surface area contributed by atoms with Gasteiger partial charge in [-0.25, -0.2) is 0 Å². The molecule has 25 heavy (non-hydrogen) atoms. The Bertz CT molecular complexity index is 884. The van der Waals surface area contributed by atoms with Crippen molar-refractivity contribution in [3.05, 3.63) is 58.1 Å². The third-order valence-electron chi connectivity index (χ3n) is 4.27. The van der Waals surface area contributed by atoms with Gasteiger partial charge in [-0.15, -0.1) is 0 Å². The van der Waals surface area contributed by atoms with Gasteiger partial charge in [0.1, 0.15) is 0 Å². The molecule has 0 aliphatic rings. The van der Waals surface area contributed by atoms with Crippen molar-refractivity contribution in [3.63, 3.8) is 0 Å². The number of aromatic amines is 1. The lowest BCUT2D eigenvalue weighted by molar-refractivity contribution is -0.136. The molecule has 2 nitrogen and oxygen atoms in total. The van der Waals surface area contributed by atoms with Crippen molar-refractivity contribution in [2.24, 2.45) is 5.73 Å². The first-order chi connectivity index (χ1) is 11.9. The van der Waals surface area contributed by atoms with Crippen LogP contribution in [0.5, 0.6) is 0 Å². The Morgan fingerprint density at radius 3 is 2.44 bits per heavy atom. The van der Waals surface area contributed by atoms with Crippen LogP contribution in [-0.4, -0.2) is 11.5 Å². The van der Waals surface area contributed by atoms with Gasteiger partial charge >= 0.3 is 6.18 Å². The summed E-state index contributed by atoms with van der Waals surface area (Å²) in [4.78, 5) is 3.04. The fraction of sp³-hybridized carbons (Fsp3) is 0.263. The molecular weight excluding hydrogens is 393 g/mol.